The first-order chi connectivity index (χ1) is 9.51. The second kappa shape index (κ2) is 8.32. The fraction of sp³-hybridized carbons (Fsp3) is 0.467. The first kappa shape index (κ1) is 16.2. The first-order valence-electron chi connectivity index (χ1n) is 6.80. The molecule has 110 valence electrons. The summed E-state index contributed by atoms with van der Waals surface area (Å²) >= 11 is 0. The quantitative estimate of drug-likeness (QED) is 0.763. The van der Waals surface area contributed by atoms with Crippen LogP contribution >= 0.6 is 0 Å². The summed E-state index contributed by atoms with van der Waals surface area (Å²) in [4.78, 5) is 24.1. The lowest BCUT2D eigenvalue weighted by Crippen LogP contribution is -2.31. The van der Waals surface area contributed by atoms with E-state index in [1.807, 2.05) is 36.2 Å². The predicted octanol–water partition coefficient (Wildman–Crippen LogP) is 1.98. The molecule has 0 radical (unpaired) electrons. The lowest BCUT2D eigenvalue weighted by Gasteiger charge is -2.15. The molecule has 0 spiro atoms. The summed E-state index contributed by atoms with van der Waals surface area (Å²) in [5, 5.41) is 11.4. The zero-order valence-corrected chi connectivity index (χ0v) is 12.1. The van der Waals surface area contributed by atoms with Gasteiger partial charge in [-0.1, -0.05) is 19.1 Å². The Hall–Kier alpha value is -1.88. The number of nitrogens with zero attached hydrogens (tertiary/aromatic N) is 1. The molecule has 0 aromatic heterocycles. The third-order valence-electron chi connectivity index (χ3n) is 2.96. The minimum absolute atomic E-state index is 0.0870. The summed E-state index contributed by atoms with van der Waals surface area (Å²) < 4.78 is 0. The highest BCUT2D eigenvalue weighted by atomic mass is 16.4. The smallest absolute Gasteiger partial charge is 0.303 e. The number of aliphatic carboxylic acids is 1. The van der Waals surface area contributed by atoms with E-state index in [0.717, 1.165) is 12.1 Å². The van der Waals surface area contributed by atoms with Crippen molar-refractivity contribution in [1.29, 1.82) is 0 Å². The van der Waals surface area contributed by atoms with E-state index >= 15 is 0 Å². The Kier molecular flexibility index (Phi) is 6.73. The van der Waals surface area contributed by atoms with Gasteiger partial charge in [0.15, 0.2) is 0 Å². The van der Waals surface area contributed by atoms with E-state index in [2.05, 4.69) is 12.2 Å². The van der Waals surface area contributed by atoms with E-state index < -0.39 is 5.97 Å². The van der Waals surface area contributed by atoms with Crippen LogP contribution in [-0.2, 0) is 16.0 Å². The maximum atomic E-state index is 11.9. The van der Waals surface area contributed by atoms with Gasteiger partial charge in [0.2, 0.25) is 5.91 Å². The Labute approximate surface area is 119 Å². The van der Waals surface area contributed by atoms with Gasteiger partial charge in [-0.05, 0) is 44.1 Å². The third kappa shape index (κ3) is 6.33. The van der Waals surface area contributed by atoms with E-state index in [1.54, 1.807) is 0 Å². The van der Waals surface area contributed by atoms with Crippen molar-refractivity contribution in [3.05, 3.63) is 29.8 Å². The largest absolute Gasteiger partial charge is 0.481 e. The van der Waals surface area contributed by atoms with Crippen LogP contribution in [0, 0.1) is 0 Å². The molecule has 0 fully saturated rings. The minimum Gasteiger partial charge on any atom is -0.481 e. The predicted molar refractivity (Wildman–Crippen MR) is 78.8 cm³/mol. The number of benzene rings is 1. The maximum absolute atomic E-state index is 11.9. The zero-order valence-electron chi connectivity index (χ0n) is 12.1. The van der Waals surface area contributed by atoms with Crippen molar-refractivity contribution in [2.45, 2.75) is 26.2 Å². The van der Waals surface area contributed by atoms with Crippen molar-refractivity contribution in [3.8, 4) is 0 Å². The number of carboxylic acid groups (broad SMARTS) is 1. The molecule has 1 aromatic carbocycles. The summed E-state index contributed by atoms with van der Waals surface area (Å²) in [7, 11) is 1.81. The molecule has 1 amide bonds. The topological polar surface area (TPSA) is 69.6 Å². The van der Waals surface area contributed by atoms with Crippen LogP contribution in [0.4, 0.5) is 5.69 Å². The number of nitrogens with one attached hydrogen (secondary N) is 1. The van der Waals surface area contributed by atoms with Crippen molar-refractivity contribution in [2.75, 3.05) is 25.5 Å². The molecule has 20 heavy (non-hydrogen) atoms. The van der Waals surface area contributed by atoms with Gasteiger partial charge < -0.3 is 10.4 Å². The molecule has 0 aliphatic heterocycles. The van der Waals surface area contributed by atoms with Crippen molar-refractivity contribution in [3.63, 3.8) is 0 Å². The van der Waals surface area contributed by atoms with Crippen molar-refractivity contribution >= 4 is 17.6 Å². The normalized spacial score (nSPS) is 10.6. The molecule has 0 saturated heterocycles. The van der Waals surface area contributed by atoms with E-state index in [0.29, 0.717) is 13.0 Å². The fourth-order valence-corrected chi connectivity index (χ4v) is 1.89. The van der Waals surface area contributed by atoms with Gasteiger partial charge in [-0.25, -0.2) is 0 Å². The number of carbonyl (C=O) groups is 2. The SMILES string of the molecule is CCc1cccc(NC(=O)CN(C)CCCC(=O)O)c1. The Morgan fingerprint density at radius 1 is 1.35 bits per heavy atom. The lowest BCUT2D eigenvalue weighted by atomic mass is 10.1. The average molecular weight is 278 g/mol. The first-order valence-corrected chi connectivity index (χ1v) is 6.80. The number of anilines is 1. The molecule has 0 bridgehead atoms. The van der Waals surface area contributed by atoms with Gasteiger partial charge in [-0.2, -0.15) is 0 Å². The van der Waals surface area contributed by atoms with Gasteiger partial charge in [-0.3, -0.25) is 14.5 Å². The van der Waals surface area contributed by atoms with Crippen LogP contribution in [0.5, 0.6) is 0 Å². The second-order valence-corrected chi connectivity index (χ2v) is 4.84. The van der Waals surface area contributed by atoms with Crippen LogP contribution < -0.4 is 5.32 Å². The minimum atomic E-state index is -0.806. The maximum Gasteiger partial charge on any atom is 0.303 e. The van der Waals surface area contributed by atoms with Crippen molar-refractivity contribution in [1.82, 2.24) is 4.90 Å². The monoisotopic (exact) mass is 278 g/mol. The number of aryl methyl sites for hydroxylation is 1. The van der Waals surface area contributed by atoms with Crippen LogP contribution in [0.3, 0.4) is 0 Å². The second-order valence-electron chi connectivity index (χ2n) is 4.84. The van der Waals surface area contributed by atoms with E-state index in [4.69, 9.17) is 5.11 Å². The Morgan fingerprint density at radius 3 is 2.75 bits per heavy atom. The number of carboxylic acids is 1. The highest BCUT2D eigenvalue weighted by Crippen LogP contribution is 2.11. The number of amides is 1. The molecule has 1 rings (SSSR count). The van der Waals surface area contributed by atoms with E-state index in [-0.39, 0.29) is 18.9 Å². The molecule has 0 unspecified atom stereocenters. The lowest BCUT2D eigenvalue weighted by molar-refractivity contribution is -0.137. The average Bonchev–Trinajstić information content (AvgIpc) is 2.38. The molecule has 0 atom stereocenters. The summed E-state index contributed by atoms with van der Waals surface area (Å²) in [5.74, 6) is -0.893. The molecule has 0 aliphatic rings. The number of likely N-dealkylation sites (N-methyl/N-ethyl adjacent to an activating group) is 1. The molecule has 5 heteroatoms. The molecule has 1 aromatic rings. The van der Waals surface area contributed by atoms with Crippen LogP contribution in [0.1, 0.15) is 25.3 Å². The Bertz CT molecular complexity index is 460. The standard InChI is InChI=1S/C15H22N2O3/c1-3-12-6-4-7-13(10-12)16-14(18)11-17(2)9-5-8-15(19)20/h4,6-7,10H,3,5,8-9,11H2,1-2H3,(H,16,18)(H,19,20). The fourth-order valence-electron chi connectivity index (χ4n) is 1.89. The van der Waals surface area contributed by atoms with Crippen LogP contribution in [0.15, 0.2) is 24.3 Å². The molecular formula is C15H22N2O3. The van der Waals surface area contributed by atoms with Crippen molar-refractivity contribution < 1.29 is 14.7 Å². The number of hydrogen-bond donors (Lipinski definition) is 2. The summed E-state index contributed by atoms with van der Waals surface area (Å²) in [5.41, 5.74) is 1.98. The molecule has 5 nitrogen and oxygen atoms in total. The summed E-state index contributed by atoms with van der Waals surface area (Å²) in [6.45, 7) is 2.92. The summed E-state index contributed by atoms with van der Waals surface area (Å²) in [6, 6.07) is 7.77. The molecular weight excluding hydrogens is 256 g/mol. The molecule has 0 saturated carbocycles. The zero-order chi connectivity index (χ0) is 15.0. The number of rotatable bonds is 8. The van der Waals surface area contributed by atoms with Gasteiger partial charge >= 0.3 is 5.97 Å². The van der Waals surface area contributed by atoms with Gasteiger partial charge in [0, 0.05) is 12.1 Å². The summed E-state index contributed by atoms with van der Waals surface area (Å²) in [6.07, 6.45) is 1.60. The number of hydrogen-bond acceptors (Lipinski definition) is 3. The van der Waals surface area contributed by atoms with Crippen LogP contribution in [-0.4, -0.2) is 42.0 Å². The number of carbonyl (C=O) groups excluding carboxylic acids is 1. The van der Waals surface area contributed by atoms with Crippen LogP contribution in [0.25, 0.3) is 0 Å². The van der Waals surface area contributed by atoms with Gasteiger partial charge in [-0.15, -0.1) is 0 Å². The Balaban J connectivity index is 2.36. The third-order valence-corrected chi connectivity index (χ3v) is 2.96. The highest BCUT2D eigenvalue weighted by molar-refractivity contribution is 5.92. The van der Waals surface area contributed by atoms with Gasteiger partial charge in [0.25, 0.3) is 0 Å². The van der Waals surface area contributed by atoms with Gasteiger partial charge in [0.05, 0.1) is 6.54 Å². The Morgan fingerprint density at radius 2 is 2.10 bits per heavy atom. The van der Waals surface area contributed by atoms with Gasteiger partial charge in [0.1, 0.15) is 0 Å². The van der Waals surface area contributed by atoms with E-state index in [1.165, 1.54) is 5.56 Å². The molecule has 2 N–H and O–H groups in total. The van der Waals surface area contributed by atoms with Crippen molar-refractivity contribution in [2.24, 2.45) is 0 Å². The van der Waals surface area contributed by atoms with Crippen LogP contribution in [0.2, 0.25) is 0 Å². The molecule has 0 heterocycles. The highest BCUT2D eigenvalue weighted by Gasteiger charge is 2.07. The van der Waals surface area contributed by atoms with E-state index in [9.17, 15) is 9.59 Å². The molecule has 0 aliphatic carbocycles.